The number of amides is 1. The van der Waals surface area contributed by atoms with E-state index in [1.807, 2.05) is 27.2 Å². The molecule has 0 aromatic carbocycles. The molecule has 0 aliphatic heterocycles. The standard InChI is InChI=1S/C48H87N2O6P/c1-6-8-10-12-14-16-18-20-21-22-23-24-25-26-27-28-29-30-32-34-36-38-40-42-48(52)49-46(45-56-57(53,54)55-44-43-50(3,4)5)47(51)41-39-37-35-33-31-19-17-15-13-11-9-7-2/h8,10,14,16,20-21,23-24,31,33,39,41,46-47,51H,6-7,9,11-13,15,17-19,22,25-30,32,34-38,40,42-45H2,1-5H3,(H-,49,52,53,54)/p+1/b10-8-,16-14-,21-20-,24-23-,33-31+,41-39+. The third-order valence-electron chi connectivity index (χ3n) is 9.66. The van der Waals surface area contributed by atoms with E-state index in [2.05, 4.69) is 79.9 Å². The molecule has 8 nitrogen and oxygen atoms in total. The van der Waals surface area contributed by atoms with E-state index in [0.717, 1.165) is 64.2 Å². The lowest BCUT2D eigenvalue weighted by molar-refractivity contribution is -0.870. The van der Waals surface area contributed by atoms with Crippen LogP contribution in [0.4, 0.5) is 0 Å². The lowest BCUT2D eigenvalue weighted by Crippen LogP contribution is -2.45. The van der Waals surface area contributed by atoms with Crippen molar-refractivity contribution in [2.75, 3.05) is 40.9 Å². The minimum absolute atomic E-state index is 0.0520. The van der Waals surface area contributed by atoms with E-state index in [1.54, 1.807) is 6.08 Å². The van der Waals surface area contributed by atoms with Crippen LogP contribution >= 0.6 is 7.82 Å². The van der Waals surface area contributed by atoms with Crippen molar-refractivity contribution >= 4 is 13.7 Å². The number of carbonyl (C=O) groups excluding carboxylic acids is 1. The van der Waals surface area contributed by atoms with E-state index in [4.69, 9.17) is 9.05 Å². The number of unbranched alkanes of at least 4 members (excludes halogenated alkanes) is 17. The summed E-state index contributed by atoms with van der Waals surface area (Å²) in [5, 5.41) is 13.8. The van der Waals surface area contributed by atoms with Gasteiger partial charge in [0.1, 0.15) is 13.2 Å². The van der Waals surface area contributed by atoms with Crippen LogP contribution in [0.1, 0.15) is 174 Å². The van der Waals surface area contributed by atoms with Gasteiger partial charge in [-0.1, -0.05) is 170 Å². The second-order valence-corrected chi connectivity index (χ2v) is 17.8. The Labute approximate surface area is 351 Å². The lowest BCUT2D eigenvalue weighted by Gasteiger charge is -2.25. The number of aliphatic hydroxyl groups excluding tert-OH is 1. The Balaban J connectivity index is 4.35. The maximum absolute atomic E-state index is 12.9. The number of nitrogens with one attached hydrogen (secondary N) is 1. The van der Waals surface area contributed by atoms with Crippen LogP contribution < -0.4 is 5.32 Å². The molecule has 0 rings (SSSR count). The van der Waals surface area contributed by atoms with Crippen molar-refractivity contribution in [1.82, 2.24) is 5.32 Å². The van der Waals surface area contributed by atoms with Gasteiger partial charge in [0.15, 0.2) is 0 Å². The first-order chi connectivity index (χ1) is 27.5. The summed E-state index contributed by atoms with van der Waals surface area (Å²) < 4.78 is 23.5. The van der Waals surface area contributed by atoms with Crippen LogP contribution in [0.5, 0.6) is 0 Å². The number of rotatable bonds is 40. The van der Waals surface area contributed by atoms with Crippen LogP contribution in [0.2, 0.25) is 0 Å². The van der Waals surface area contributed by atoms with Crippen molar-refractivity contribution in [2.45, 2.75) is 187 Å². The number of aliphatic hydroxyl groups is 1. The number of phosphoric acid groups is 1. The summed E-state index contributed by atoms with van der Waals surface area (Å²) in [5.41, 5.74) is 0. The zero-order valence-corrected chi connectivity index (χ0v) is 38.2. The highest BCUT2D eigenvalue weighted by molar-refractivity contribution is 7.47. The summed E-state index contributed by atoms with van der Waals surface area (Å²) in [5.74, 6) is -0.197. The molecule has 57 heavy (non-hydrogen) atoms. The summed E-state index contributed by atoms with van der Waals surface area (Å²) in [6.07, 6.45) is 52.6. The maximum atomic E-state index is 12.9. The van der Waals surface area contributed by atoms with Gasteiger partial charge in [-0.25, -0.2) is 4.57 Å². The molecule has 0 fully saturated rings. The molecule has 3 atom stereocenters. The molecule has 1 amide bonds. The summed E-state index contributed by atoms with van der Waals surface area (Å²) in [6.45, 7) is 4.64. The van der Waals surface area contributed by atoms with Gasteiger partial charge in [0.25, 0.3) is 0 Å². The summed E-state index contributed by atoms with van der Waals surface area (Å²) in [6, 6.07) is -0.867. The first-order valence-corrected chi connectivity index (χ1v) is 24.3. The molecule has 0 bridgehead atoms. The minimum atomic E-state index is -4.35. The second-order valence-electron chi connectivity index (χ2n) is 16.4. The average Bonchev–Trinajstić information content (AvgIpc) is 3.16. The number of hydrogen-bond donors (Lipinski definition) is 3. The molecule has 0 aromatic rings. The Kier molecular flexibility index (Phi) is 38.0. The van der Waals surface area contributed by atoms with Crippen LogP contribution in [0.3, 0.4) is 0 Å². The van der Waals surface area contributed by atoms with E-state index in [1.165, 1.54) is 89.9 Å². The molecule has 0 saturated carbocycles. The van der Waals surface area contributed by atoms with Crippen LogP contribution in [-0.4, -0.2) is 73.4 Å². The highest BCUT2D eigenvalue weighted by Gasteiger charge is 2.27. The fraction of sp³-hybridized carbons (Fsp3) is 0.729. The van der Waals surface area contributed by atoms with Crippen LogP contribution in [0.25, 0.3) is 0 Å². The molecule has 9 heteroatoms. The zero-order chi connectivity index (χ0) is 42.1. The fourth-order valence-corrected chi connectivity index (χ4v) is 6.78. The lowest BCUT2D eigenvalue weighted by atomic mass is 10.0. The molecular formula is C48H88N2O6P+. The second kappa shape index (κ2) is 39.4. The molecule has 330 valence electrons. The predicted octanol–water partition coefficient (Wildman–Crippen LogP) is 12.8. The van der Waals surface area contributed by atoms with Gasteiger partial charge in [-0.15, -0.1) is 0 Å². The van der Waals surface area contributed by atoms with Crippen LogP contribution in [0.15, 0.2) is 72.9 Å². The third-order valence-corrected chi connectivity index (χ3v) is 10.6. The Morgan fingerprint density at radius 2 is 1.07 bits per heavy atom. The number of nitrogens with zero attached hydrogens (tertiary/aromatic N) is 1. The van der Waals surface area contributed by atoms with E-state index in [-0.39, 0.29) is 19.1 Å². The van der Waals surface area contributed by atoms with Crippen molar-refractivity contribution in [1.29, 1.82) is 0 Å². The first-order valence-electron chi connectivity index (χ1n) is 22.8. The smallest absolute Gasteiger partial charge is 0.387 e. The van der Waals surface area contributed by atoms with Crippen molar-refractivity contribution in [3.63, 3.8) is 0 Å². The first kappa shape index (κ1) is 54.9. The van der Waals surface area contributed by atoms with E-state index >= 15 is 0 Å². The summed E-state index contributed by atoms with van der Waals surface area (Å²) in [7, 11) is 1.54. The van der Waals surface area contributed by atoms with Gasteiger partial charge < -0.3 is 19.8 Å². The van der Waals surface area contributed by atoms with Crippen molar-refractivity contribution in [3.8, 4) is 0 Å². The SMILES string of the molecule is CC/C=C\C/C=C\C/C=C\C/C=C\CCCCCCCCCCCCC(=O)NC(COP(=O)(O)OCC[N+](C)(C)C)C(O)/C=C/CC/C=C/CCCCCCCC. The van der Waals surface area contributed by atoms with Crippen LogP contribution in [-0.2, 0) is 18.4 Å². The van der Waals surface area contributed by atoms with Gasteiger partial charge in [0.2, 0.25) is 5.91 Å². The fourth-order valence-electron chi connectivity index (χ4n) is 6.05. The van der Waals surface area contributed by atoms with E-state index in [9.17, 15) is 19.4 Å². The van der Waals surface area contributed by atoms with Gasteiger partial charge >= 0.3 is 7.82 Å². The normalized spacial score (nSPS) is 15.0. The number of carbonyl (C=O) groups is 1. The van der Waals surface area contributed by atoms with Crippen LogP contribution in [0, 0.1) is 0 Å². The number of phosphoric ester groups is 1. The Morgan fingerprint density at radius 3 is 1.61 bits per heavy atom. The van der Waals surface area contributed by atoms with Crippen molar-refractivity contribution in [2.24, 2.45) is 0 Å². The molecule has 0 spiro atoms. The van der Waals surface area contributed by atoms with E-state index in [0.29, 0.717) is 17.4 Å². The third kappa shape index (κ3) is 41.9. The Morgan fingerprint density at radius 1 is 0.614 bits per heavy atom. The molecular weight excluding hydrogens is 732 g/mol. The average molecular weight is 820 g/mol. The maximum Gasteiger partial charge on any atom is 0.472 e. The van der Waals surface area contributed by atoms with Gasteiger partial charge in [0.05, 0.1) is 39.9 Å². The van der Waals surface area contributed by atoms with Gasteiger partial charge in [-0.05, 0) is 70.6 Å². The number of quaternary nitrogens is 1. The van der Waals surface area contributed by atoms with Gasteiger partial charge in [0, 0.05) is 6.42 Å². The summed E-state index contributed by atoms with van der Waals surface area (Å²) in [4.78, 5) is 23.1. The topological polar surface area (TPSA) is 105 Å². The zero-order valence-electron chi connectivity index (χ0n) is 37.3. The molecule has 0 saturated heterocycles. The molecule has 3 N–H and O–H groups in total. The number of likely N-dealkylation sites (N-methyl/N-ethyl adjacent to an activating group) is 1. The van der Waals surface area contributed by atoms with Crippen molar-refractivity contribution < 1.29 is 32.9 Å². The highest BCUT2D eigenvalue weighted by Crippen LogP contribution is 2.43. The monoisotopic (exact) mass is 820 g/mol. The Bertz CT molecular complexity index is 1160. The number of hydrogen-bond acceptors (Lipinski definition) is 5. The van der Waals surface area contributed by atoms with Gasteiger partial charge in [-0.3, -0.25) is 13.8 Å². The van der Waals surface area contributed by atoms with Gasteiger partial charge in [-0.2, -0.15) is 0 Å². The molecule has 0 aliphatic rings. The molecule has 3 unspecified atom stereocenters. The summed E-state index contributed by atoms with van der Waals surface area (Å²) >= 11 is 0. The van der Waals surface area contributed by atoms with Crippen molar-refractivity contribution in [3.05, 3.63) is 72.9 Å². The Hall–Kier alpha value is -2.06. The van der Waals surface area contributed by atoms with E-state index < -0.39 is 20.0 Å². The highest BCUT2D eigenvalue weighted by atomic mass is 31.2. The quantitative estimate of drug-likeness (QED) is 0.0246. The number of allylic oxidation sites excluding steroid dienone is 11. The largest absolute Gasteiger partial charge is 0.472 e. The molecule has 0 radical (unpaired) electrons. The molecule has 0 aliphatic carbocycles. The molecule has 0 aromatic heterocycles. The molecule has 0 heterocycles. The minimum Gasteiger partial charge on any atom is -0.387 e. The predicted molar refractivity (Wildman–Crippen MR) is 244 cm³/mol.